The zero-order chi connectivity index (χ0) is 21.5. The van der Waals surface area contributed by atoms with Crippen LogP contribution in [0.2, 0.25) is 0 Å². The molecule has 1 unspecified atom stereocenters. The van der Waals surface area contributed by atoms with Gasteiger partial charge in [0.25, 0.3) is 5.91 Å². The molecule has 5 heteroatoms. The predicted octanol–water partition coefficient (Wildman–Crippen LogP) is 4.79. The molecule has 1 aliphatic heterocycles. The first-order chi connectivity index (χ1) is 14.5. The lowest BCUT2D eigenvalue weighted by molar-refractivity contribution is -0.110. The Kier molecular flexibility index (Phi) is 7.26. The smallest absolute Gasteiger partial charge is 0.256 e. The number of nitrogens with zero attached hydrogens (tertiary/aromatic N) is 1. The van der Waals surface area contributed by atoms with Crippen LogP contribution in [0.15, 0.2) is 72.9 Å². The monoisotopic (exact) mass is 416 g/mol. The van der Waals surface area contributed by atoms with E-state index >= 15 is 0 Å². The number of amides is 1. The van der Waals surface area contributed by atoms with Gasteiger partial charge in [0.2, 0.25) is 0 Å². The highest BCUT2D eigenvalue weighted by Crippen LogP contribution is 2.32. The van der Waals surface area contributed by atoms with E-state index in [0.29, 0.717) is 19.7 Å². The maximum absolute atomic E-state index is 12.4. The molecule has 0 fully saturated rings. The summed E-state index contributed by atoms with van der Waals surface area (Å²) >= 11 is 0. The molecule has 0 aliphatic carbocycles. The maximum atomic E-state index is 12.4. The number of aromatic nitrogens is 1. The Morgan fingerprint density at radius 1 is 1.07 bits per heavy atom. The van der Waals surface area contributed by atoms with Crippen LogP contribution in [0.25, 0.3) is 5.57 Å². The molecule has 0 saturated carbocycles. The minimum absolute atomic E-state index is 0.209. The number of hydrogen-bond acceptors (Lipinski definition) is 3. The average Bonchev–Trinajstić information content (AvgIpc) is 3.10. The van der Waals surface area contributed by atoms with Crippen molar-refractivity contribution in [2.75, 3.05) is 12.0 Å². The molecule has 152 valence electrons. The minimum atomic E-state index is -0.228. The van der Waals surface area contributed by atoms with E-state index in [2.05, 4.69) is 48.2 Å². The lowest BCUT2D eigenvalue weighted by Crippen LogP contribution is -2.07. The number of anilines is 1. The summed E-state index contributed by atoms with van der Waals surface area (Å²) in [6.07, 6.45) is 4.09. The molecular formula is C25H25N2O2P. The van der Waals surface area contributed by atoms with Crippen LogP contribution in [0.5, 0.6) is 0 Å². The highest BCUT2D eigenvalue weighted by Gasteiger charge is 2.27. The summed E-state index contributed by atoms with van der Waals surface area (Å²) < 4.78 is 0. The standard InChI is InChI=1S/C17H15N2O2P.C8H10/c1-10-6-7-11(9-18-10)14(20)8-12-16-13(19-17(12)21)4-3-5-15(16)22-2;1-2-8-6-4-3-5-7-8/h3-9,22H,1-2H3,(H,19,21);3-7H,2H2,1H3/b12-8+;. The van der Waals surface area contributed by atoms with Gasteiger partial charge >= 0.3 is 0 Å². The highest BCUT2D eigenvalue weighted by molar-refractivity contribution is 7.46. The van der Waals surface area contributed by atoms with E-state index in [1.165, 1.54) is 17.8 Å². The van der Waals surface area contributed by atoms with Crippen molar-refractivity contribution in [3.05, 3.63) is 95.3 Å². The molecule has 0 spiro atoms. The van der Waals surface area contributed by atoms with Gasteiger partial charge < -0.3 is 5.32 Å². The van der Waals surface area contributed by atoms with Crippen molar-refractivity contribution >= 4 is 36.8 Å². The summed E-state index contributed by atoms with van der Waals surface area (Å²) in [7, 11) is 0.552. The fraction of sp³-hybridized carbons (Fsp3) is 0.160. The molecule has 1 aliphatic rings. The van der Waals surface area contributed by atoms with Gasteiger partial charge in [0.05, 0.1) is 5.57 Å². The van der Waals surface area contributed by atoms with Crippen LogP contribution in [0.4, 0.5) is 5.69 Å². The quantitative estimate of drug-likeness (QED) is 0.378. The third kappa shape index (κ3) is 5.08. The van der Waals surface area contributed by atoms with E-state index in [1.807, 2.05) is 31.2 Å². The number of fused-ring (bicyclic) bond motifs is 1. The van der Waals surface area contributed by atoms with Crippen molar-refractivity contribution in [2.45, 2.75) is 20.3 Å². The van der Waals surface area contributed by atoms with Gasteiger partial charge in [-0.05, 0) is 55.2 Å². The van der Waals surface area contributed by atoms with Crippen LogP contribution in [0, 0.1) is 6.92 Å². The van der Waals surface area contributed by atoms with E-state index in [1.54, 1.807) is 12.1 Å². The van der Waals surface area contributed by atoms with Crippen LogP contribution in [0.1, 0.15) is 34.1 Å². The van der Waals surface area contributed by atoms with E-state index in [0.717, 1.165) is 28.7 Å². The van der Waals surface area contributed by atoms with Crippen molar-refractivity contribution in [1.29, 1.82) is 0 Å². The number of hydrogen-bond donors (Lipinski definition) is 1. The lowest BCUT2D eigenvalue weighted by atomic mass is 10.0. The van der Waals surface area contributed by atoms with Gasteiger partial charge in [0.1, 0.15) is 0 Å². The molecule has 1 aromatic heterocycles. The maximum Gasteiger partial charge on any atom is 0.256 e. The Bertz CT molecular complexity index is 1070. The molecule has 1 N–H and O–H groups in total. The summed E-state index contributed by atoms with van der Waals surface area (Å²) in [6.45, 7) is 6.08. The lowest BCUT2D eigenvalue weighted by Gasteiger charge is -2.05. The second-order valence-corrected chi connectivity index (χ2v) is 7.92. The molecule has 2 aromatic carbocycles. The van der Waals surface area contributed by atoms with E-state index in [4.69, 9.17) is 0 Å². The number of carbonyl (C=O) groups is 2. The van der Waals surface area contributed by atoms with Crippen LogP contribution in [0.3, 0.4) is 0 Å². The van der Waals surface area contributed by atoms with Gasteiger partial charge in [-0.1, -0.05) is 58.0 Å². The molecule has 1 amide bonds. The highest BCUT2D eigenvalue weighted by atomic mass is 31.1. The number of carbonyl (C=O) groups excluding carboxylic acids is 2. The average molecular weight is 416 g/mol. The second kappa shape index (κ2) is 10.1. The third-order valence-corrected chi connectivity index (χ3v) is 5.77. The Morgan fingerprint density at radius 3 is 2.43 bits per heavy atom. The first-order valence-corrected chi connectivity index (χ1v) is 11.4. The summed E-state index contributed by atoms with van der Waals surface area (Å²) in [5.41, 5.74) is 4.80. The number of nitrogens with one attached hydrogen (secondary N) is 1. The SMILES string of the molecule is CCc1ccccc1.CPc1cccc2c1/C(=C\C(=O)c1ccc(C)nc1)C(=O)N2. The van der Waals surface area contributed by atoms with Gasteiger partial charge in [0, 0.05) is 28.7 Å². The second-order valence-electron chi connectivity index (χ2n) is 6.88. The molecule has 4 nitrogen and oxygen atoms in total. The fourth-order valence-corrected chi connectivity index (χ4v) is 3.92. The minimum Gasteiger partial charge on any atom is -0.321 e. The molecule has 0 saturated heterocycles. The zero-order valence-corrected chi connectivity index (χ0v) is 18.4. The number of allylic oxidation sites excluding steroid dienone is 1. The Hall–Kier alpha value is -3.10. The van der Waals surface area contributed by atoms with Gasteiger partial charge in [-0.25, -0.2) is 0 Å². The molecule has 30 heavy (non-hydrogen) atoms. The first-order valence-electron chi connectivity index (χ1n) is 9.88. The molecular weight excluding hydrogens is 391 g/mol. The van der Waals surface area contributed by atoms with Gasteiger partial charge in [-0.3, -0.25) is 14.6 Å². The summed E-state index contributed by atoms with van der Waals surface area (Å²) in [6, 6.07) is 19.7. The molecule has 1 atom stereocenters. The van der Waals surface area contributed by atoms with Gasteiger partial charge in [-0.15, -0.1) is 0 Å². The van der Waals surface area contributed by atoms with Crippen molar-refractivity contribution in [3.63, 3.8) is 0 Å². The summed E-state index contributed by atoms with van der Waals surface area (Å²) in [5, 5.41) is 3.90. The molecule has 2 heterocycles. The third-order valence-electron chi connectivity index (χ3n) is 4.82. The van der Waals surface area contributed by atoms with Crippen LogP contribution >= 0.6 is 8.58 Å². The number of benzene rings is 2. The first kappa shape index (κ1) is 21.6. The molecule has 4 rings (SSSR count). The molecule has 0 radical (unpaired) electrons. The molecule has 3 aromatic rings. The van der Waals surface area contributed by atoms with E-state index in [-0.39, 0.29) is 11.7 Å². The van der Waals surface area contributed by atoms with Crippen molar-refractivity contribution < 1.29 is 9.59 Å². The topological polar surface area (TPSA) is 59.1 Å². The van der Waals surface area contributed by atoms with Crippen molar-refractivity contribution in [2.24, 2.45) is 0 Å². The number of rotatable bonds is 4. The van der Waals surface area contributed by atoms with Gasteiger partial charge in [0.15, 0.2) is 5.78 Å². The number of aryl methyl sites for hydroxylation is 2. The molecule has 0 bridgehead atoms. The van der Waals surface area contributed by atoms with Crippen LogP contribution in [-0.2, 0) is 11.2 Å². The number of pyridine rings is 1. The van der Waals surface area contributed by atoms with Gasteiger partial charge in [-0.2, -0.15) is 0 Å². The Balaban J connectivity index is 0.000000269. The van der Waals surface area contributed by atoms with Crippen LogP contribution < -0.4 is 10.6 Å². The van der Waals surface area contributed by atoms with Crippen molar-refractivity contribution in [3.8, 4) is 0 Å². The Labute approximate surface area is 179 Å². The fourth-order valence-electron chi connectivity index (χ4n) is 3.14. The van der Waals surface area contributed by atoms with Crippen molar-refractivity contribution in [1.82, 2.24) is 4.98 Å². The van der Waals surface area contributed by atoms with E-state index < -0.39 is 0 Å². The largest absolute Gasteiger partial charge is 0.321 e. The van der Waals surface area contributed by atoms with Crippen LogP contribution in [-0.4, -0.2) is 23.3 Å². The van der Waals surface area contributed by atoms with E-state index in [9.17, 15) is 9.59 Å². The number of ketones is 1. The normalized spacial score (nSPS) is 13.7. The summed E-state index contributed by atoms with van der Waals surface area (Å²) in [5.74, 6) is -0.436. The predicted molar refractivity (Wildman–Crippen MR) is 126 cm³/mol. The Morgan fingerprint density at radius 2 is 1.83 bits per heavy atom. The summed E-state index contributed by atoms with van der Waals surface area (Å²) in [4.78, 5) is 28.7. The zero-order valence-electron chi connectivity index (χ0n) is 17.4.